The third-order valence-electron chi connectivity index (χ3n) is 2.29. The lowest BCUT2D eigenvalue weighted by Gasteiger charge is -2.26. The van der Waals surface area contributed by atoms with Crippen LogP contribution in [0.4, 0.5) is 5.95 Å². The fourth-order valence-corrected chi connectivity index (χ4v) is 1.68. The Kier molecular flexibility index (Phi) is 4.36. The summed E-state index contributed by atoms with van der Waals surface area (Å²) in [5, 5.41) is 9.01. The molecule has 1 N–H and O–H groups in total. The van der Waals surface area contributed by atoms with Gasteiger partial charge in [-0.25, -0.2) is 4.98 Å². The molecule has 0 bridgehead atoms. The van der Waals surface area contributed by atoms with Crippen molar-refractivity contribution >= 4 is 17.5 Å². The SMILES string of the molecule is OCCOc1cc(Cl)nc(N2CCOCC2)n1. The average Bonchev–Trinajstić information content (AvgIpc) is 2.37. The average molecular weight is 260 g/mol. The molecule has 0 unspecified atom stereocenters. The van der Waals surface area contributed by atoms with Crippen molar-refractivity contribution in [2.24, 2.45) is 0 Å². The van der Waals surface area contributed by atoms with Gasteiger partial charge in [0, 0.05) is 19.2 Å². The first-order chi connectivity index (χ1) is 8.29. The first kappa shape index (κ1) is 12.3. The van der Waals surface area contributed by atoms with Crippen molar-refractivity contribution in [3.05, 3.63) is 11.2 Å². The molecule has 1 aromatic heterocycles. The van der Waals surface area contributed by atoms with Crippen molar-refractivity contribution in [3.8, 4) is 5.88 Å². The number of halogens is 1. The van der Waals surface area contributed by atoms with E-state index >= 15 is 0 Å². The van der Waals surface area contributed by atoms with Crippen molar-refractivity contribution in [2.45, 2.75) is 0 Å². The van der Waals surface area contributed by atoms with E-state index in [2.05, 4.69) is 9.97 Å². The van der Waals surface area contributed by atoms with Gasteiger partial charge in [-0.3, -0.25) is 0 Å². The number of nitrogens with zero attached hydrogens (tertiary/aromatic N) is 3. The van der Waals surface area contributed by atoms with Crippen LogP contribution in [-0.2, 0) is 4.74 Å². The Morgan fingerprint density at radius 3 is 2.88 bits per heavy atom. The minimum atomic E-state index is -0.0610. The molecule has 0 amide bonds. The van der Waals surface area contributed by atoms with Crippen LogP contribution < -0.4 is 9.64 Å². The van der Waals surface area contributed by atoms with E-state index in [0.717, 1.165) is 13.1 Å². The van der Waals surface area contributed by atoms with Gasteiger partial charge in [-0.2, -0.15) is 4.98 Å². The van der Waals surface area contributed by atoms with E-state index in [1.54, 1.807) is 0 Å². The summed E-state index contributed by atoms with van der Waals surface area (Å²) < 4.78 is 10.5. The highest BCUT2D eigenvalue weighted by Gasteiger charge is 2.15. The predicted octanol–water partition coefficient (Wildman–Crippen LogP) is 0.338. The highest BCUT2D eigenvalue weighted by atomic mass is 35.5. The Morgan fingerprint density at radius 2 is 2.18 bits per heavy atom. The number of ether oxygens (including phenoxy) is 2. The normalized spacial score (nSPS) is 16.0. The van der Waals surface area contributed by atoms with Gasteiger partial charge in [0.1, 0.15) is 11.8 Å². The molecule has 94 valence electrons. The van der Waals surface area contributed by atoms with E-state index in [1.807, 2.05) is 4.90 Å². The molecule has 0 aromatic carbocycles. The zero-order valence-corrected chi connectivity index (χ0v) is 10.1. The molecular formula is C10H14ClN3O3. The summed E-state index contributed by atoms with van der Waals surface area (Å²) in [4.78, 5) is 10.4. The Balaban J connectivity index is 2.12. The first-order valence-electron chi connectivity index (χ1n) is 5.40. The van der Waals surface area contributed by atoms with Gasteiger partial charge in [0.05, 0.1) is 19.8 Å². The molecule has 6 nitrogen and oxygen atoms in total. The number of aliphatic hydroxyl groups is 1. The van der Waals surface area contributed by atoms with Crippen molar-refractivity contribution < 1.29 is 14.6 Å². The zero-order chi connectivity index (χ0) is 12.1. The van der Waals surface area contributed by atoms with Gasteiger partial charge in [0.2, 0.25) is 11.8 Å². The molecule has 0 radical (unpaired) electrons. The summed E-state index contributed by atoms with van der Waals surface area (Å²) in [6, 6.07) is 1.53. The molecule has 1 aliphatic heterocycles. The molecule has 0 spiro atoms. The minimum Gasteiger partial charge on any atom is -0.475 e. The number of hydrogen-bond acceptors (Lipinski definition) is 6. The minimum absolute atomic E-state index is 0.0610. The molecule has 1 fully saturated rings. The fraction of sp³-hybridized carbons (Fsp3) is 0.600. The molecule has 2 rings (SSSR count). The van der Waals surface area contributed by atoms with Crippen LogP contribution in [0.2, 0.25) is 5.15 Å². The van der Waals surface area contributed by atoms with Gasteiger partial charge < -0.3 is 19.5 Å². The lowest BCUT2D eigenvalue weighted by atomic mass is 10.4. The van der Waals surface area contributed by atoms with E-state index in [9.17, 15) is 0 Å². The lowest BCUT2D eigenvalue weighted by molar-refractivity contribution is 0.122. The Labute approximate surface area is 104 Å². The highest BCUT2D eigenvalue weighted by Crippen LogP contribution is 2.19. The van der Waals surface area contributed by atoms with Crippen LogP contribution in [0.25, 0.3) is 0 Å². The molecule has 7 heteroatoms. The zero-order valence-electron chi connectivity index (χ0n) is 9.30. The predicted molar refractivity (Wildman–Crippen MR) is 62.7 cm³/mol. The molecule has 0 atom stereocenters. The van der Waals surface area contributed by atoms with E-state index in [4.69, 9.17) is 26.2 Å². The largest absolute Gasteiger partial charge is 0.475 e. The number of aromatic nitrogens is 2. The summed E-state index contributed by atoms with van der Waals surface area (Å²) in [6.07, 6.45) is 0. The van der Waals surface area contributed by atoms with E-state index < -0.39 is 0 Å². The maximum atomic E-state index is 8.69. The van der Waals surface area contributed by atoms with E-state index in [-0.39, 0.29) is 13.2 Å². The second kappa shape index (κ2) is 6.00. The Bertz CT molecular complexity index is 372. The van der Waals surface area contributed by atoms with Crippen molar-refractivity contribution in [2.75, 3.05) is 44.4 Å². The fourth-order valence-electron chi connectivity index (χ4n) is 1.51. The molecule has 1 aliphatic rings. The molecule has 2 heterocycles. The summed E-state index contributed by atoms with van der Waals surface area (Å²) in [7, 11) is 0. The van der Waals surface area contributed by atoms with Crippen LogP contribution in [0.15, 0.2) is 6.07 Å². The molecular weight excluding hydrogens is 246 g/mol. The maximum Gasteiger partial charge on any atom is 0.230 e. The summed E-state index contributed by atoms with van der Waals surface area (Å²) in [6.45, 7) is 2.91. The number of morpholine rings is 1. The number of hydrogen-bond donors (Lipinski definition) is 1. The van der Waals surface area contributed by atoms with Crippen molar-refractivity contribution in [1.82, 2.24) is 9.97 Å². The van der Waals surface area contributed by atoms with Crippen LogP contribution in [0.5, 0.6) is 5.88 Å². The van der Waals surface area contributed by atoms with Crippen LogP contribution in [-0.4, -0.2) is 54.6 Å². The van der Waals surface area contributed by atoms with Gasteiger partial charge in [0.25, 0.3) is 0 Å². The van der Waals surface area contributed by atoms with Gasteiger partial charge in [0.15, 0.2) is 0 Å². The molecule has 0 saturated carbocycles. The first-order valence-corrected chi connectivity index (χ1v) is 5.78. The van der Waals surface area contributed by atoms with Crippen LogP contribution in [0, 0.1) is 0 Å². The standard InChI is InChI=1S/C10H14ClN3O3/c11-8-7-9(17-6-3-15)13-10(12-8)14-1-4-16-5-2-14/h7,15H,1-6H2. The van der Waals surface area contributed by atoms with Gasteiger partial charge in [-0.15, -0.1) is 0 Å². The lowest BCUT2D eigenvalue weighted by Crippen LogP contribution is -2.37. The quantitative estimate of drug-likeness (QED) is 0.787. The van der Waals surface area contributed by atoms with Gasteiger partial charge >= 0.3 is 0 Å². The van der Waals surface area contributed by atoms with Crippen LogP contribution in [0.3, 0.4) is 0 Å². The number of rotatable bonds is 4. The summed E-state index contributed by atoms with van der Waals surface area (Å²) in [5.41, 5.74) is 0. The van der Waals surface area contributed by atoms with Crippen molar-refractivity contribution in [3.63, 3.8) is 0 Å². The monoisotopic (exact) mass is 259 g/mol. The number of aliphatic hydroxyl groups excluding tert-OH is 1. The summed E-state index contributed by atoms with van der Waals surface area (Å²) >= 11 is 5.90. The second-order valence-electron chi connectivity index (χ2n) is 3.50. The molecule has 0 aliphatic carbocycles. The molecule has 1 saturated heterocycles. The highest BCUT2D eigenvalue weighted by molar-refractivity contribution is 6.29. The van der Waals surface area contributed by atoms with Crippen LogP contribution in [0.1, 0.15) is 0 Å². The smallest absolute Gasteiger partial charge is 0.230 e. The van der Waals surface area contributed by atoms with Gasteiger partial charge in [-0.1, -0.05) is 11.6 Å². The third-order valence-corrected chi connectivity index (χ3v) is 2.49. The third kappa shape index (κ3) is 3.42. The summed E-state index contributed by atoms with van der Waals surface area (Å²) in [5.74, 6) is 0.911. The maximum absolute atomic E-state index is 8.69. The van der Waals surface area contributed by atoms with Gasteiger partial charge in [-0.05, 0) is 0 Å². The Morgan fingerprint density at radius 1 is 1.41 bits per heavy atom. The molecule has 17 heavy (non-hydrogen) atoms. The molecule has 1 aromatic rings. The van der Waals surface area contributed by atoms with E-state index in [1.165, 1.54) is 6.07 Å². The number of anilines is 1. The van der Waals surface area contributed by atoms with Crippen LogP contribution >= 0.6 is 11.6 Å². The second-order valence-corrected chi connectivity index (χ2v) is 3.89. The van der Waals surface area contributed by atoms with E-state index in [0.29, 0.717) is 30.2 Å². The Hall–Kier alpha value is -1.11. The topological polar surface area (TPSA) is 67.7 Å². The van der Waals surface area contributed by atoms with Crippen molar-refractivity contribution in [1.29, 1.82) is 0 Å².